The largest absolute Gasteiger partial charge is 0.467 e. The minimum absolute atomic E-state index is 0.00122. The summed E-state index contributed by atoms with van der Waals surface area (Å²) < 4.78 is 5.83. The van der Waals surface area contributed by atoms with Crippen molar-refractivity contribution < 1.29 is 14.0 Å². The van der Waals surface area contributed by atoms with Crippen LogP contribution in [0.3, 0.4) is 0 Å². The van der Waals surface area contributed by atoms with E-state index in [4.69, 9.17) is 4.42 Å². The quantitative estimate of drug-likeness (QED) is 0.275. The first kappa shape index (κ1) is 28.8. The summed E-state index contributed by atoms with van der Waals surface area (Å²) in [5, 5.41) is 4.98. The van der Waals surface area contributed by atoms with Crippen LogP contribution in [0.2, 0.25) is 0 Å². The molecule has 7 heteroatoms. The molecule has 4 bridgehead atoms. The second-order valence-corrected chi connectivity index (χ2v) is 16.9. The molecule has 0 unspecified atom stereocenters. The third kappa shape index (κ3) is 4.66. The van der Waals surface area contributed by atoms with E-state index < -0.39 is 5.54 Å². The molecule has 1 saturated heterocycles. The molecule has 5 saturated carbocycles. The van der Waals surface area contributed by atoms with Crippen LogP contribution >= 0.6 is 11.8 Å². The molecule has 2 amide bonds. The van der Waals surface area contributed by atoms with Crippen molar-refractivity contribution in [3.05, 3.63) is 59.7 Å². The van der Waals surface area contributed by atoms with Gasteiger partial charge in [0, 0.05) is 28.6 Å². The number of hydrogen-bond acceptors (Lipinski definition) is 4. The van der Waals surface area contributed by atoms with Gasteiger partial charge in [0.1, 0.15) is 11.3 Å². The highest BCUT2D eigenvalue weighted by atomic mass is 32.2. The summed E-state index contributed by atoms with van der Waals surface area (Å²) in [6, 6.07) is 12.4. The Bertz CT molecular complexity index is 1530. The van der Waals surface area contributed by atoms with E-state index >= 15 is 0 Å². The number of fused-ring (bicyclic) bond motifs is 1. The maximum atomic E-state index is 14.8. The molecule has 9 rings (SSSR count). The third-order valence-corrected chi connectivity index (χ3v) is 13.6. The molecule has 5 aliphatic carbocycles. The Morgan fingerprint density at radius 3 is 2.34 bits per heavy atom. The number of aromatic nitrogens is 1. The Labute approximate surface area is 265 Å². The van der Waals surface area contributed by atoms with Crippen molar-refractivity contribution in [2.75, 3.05) is 11.5 Å². The molecule has 6 fully saturated rings. The zero-order valence-electron chi connectivity index (χ0n) is 26.5. The minimum atomic E-state index is -0.844. The maximum Gasteiger partial charge on any atom is 0.246 e. The Morgan fingerprint density at radius 1 is 1.00 bits per heavy atom. The normalized spacial score (nSPS) is 32.9. The fraction of sp³-hybridized carbons (Fsp3) is 0.622. The highest BCUT2D eigenvalue weighted by Gasteiger charge is 2.61. The van der Waals surface area contributed by atoms with Crippen LogP contribution < -0.4 is 5.32 Å². The predicted octanol–water partition coefficient (Wildman–Crippen LogP) is 7.58. The first-order valence-electron chi connectivity index (χ1n) is 17.0. The SMILES string of the molecule is Cc1[nH]c2ccccc2c1[C@H]1[C@@H](CC(=O)N(Cc2ccco2)C2(C(=O)NC34CC5CC(CC(C5)C3)C4)CCSCC2)C1(C)C. The average molecular weight is 614 g/mol. The summed E-state index contributed by atoms with van der Waals surface area (Å²) in [6.07, 6.45) is 10.9. The summed E-state index contributed by atoms with van der Waals surface area (Å²) in [6.45, 7) is 7.12. The fourth-order valence-corrected chi connectivity index (χ4v) is 11.8. The molecule has 3 aromatic rings. The standard InChI is InChI=1S/C37H47N3O3S/c1-23-32(28-8-4-5-9-30(28)38-23)33-29(35(33,2)3)18-31(41)40(22-27-7-6-12-43-27)37(10-13-44-14-11-37)34(42)39-36-19-24-15-25(20-36)17-26(16-24)21-36/h4-9,12,24-26,29,33,38H,10-11,13-22H2,1-3H3,(H,39,42)/t24?,25?,26?,29-,33-,36?/m1/s1. The van der Waals surface area contributed by atoms with Crippen LogP contribution in [-0.2, 0) is 16.1 Å². The summed E-state index contributed by atoms with van der Waals surface area (Å²) >= 11 is 1.90. The van der Waals surface area contributed by atoms with Gasteiger partial charge in [0.05, 0.1) is 12.8 Å². The highest BCUT2D eigenvalue weighted by molar-refractivity contribution is 7.99. The minimum Gasteiger partial charge on any atom is -0.467 e. The number of H-pyrrole nitrogens is 1. The lowest BCUT2D eigenvalue weighted by Gasteiger charge is -2.58. The highest BCUT2D eigenvalue weighted by Crippen LogP contribution is 2.67. The van der Waals surface area contributed by atoms with E-state index in [-0.39, 0.29) is 28.7 Å². The van der Waals surface area contributed by atoms with Crippen molar-refractivity contribution in [3.8, 4) is 0 Å². The van der Waals surface area contributed by atoms with Gasteiger partial charge in [-0.25, -0.2) is 0 Å². The van der Waals surface area contributed by atoms with Crippen LogP contribution in [0.4, 0.5) is 0 Å². The molecule has 3 heterocycles. The molecular formula is C37H47N3O3S. The van der Waals surface area contributed by atoms with Crippen LogP contribution in [-0.4, -0.2) is 44.3 Å². The van der Waals surface area contributed by atoms with Crippen molar-refractivity contribution in [1.29, 1.82) is 0 Å². The zero-order valence-corrected chi connectivity index (χ0v) is 27.3. The summed E-state index contributed by atoms with van der Waals surface area (Å²) in [7, 11) is 0. The number of aromatic amines is 1. The number of carbonyl (C=O) groups is 2. The maximum absolute atomic E-state index is 14.8. The molecule has 2 aromatic heterocycles. The van der Waals surface area contributed by atoms with Crippen LogP contribution in [0.1, 0.15) is 94.6 Å². The van der Waals surface area contributed by atoms with Gasteiger partial charge < -0.3 is 19.6 Å². The fourth-order valence-electron chi connectivity index (χ4n) is 10.7. The summed E-state index contributed by atoms with van der Waals surface area (Å²) in [4.78, 5) is 35.1. The van der Waals surface area contributed by atoms with Crippen LogP contribution in [0.25, 0.3) is 10.9 Å². The van der Waals surface area contributed by atoms with Crippen LogP contribution in [0.15, 0.2) is 47.1 Å². The van der Waals surface area contributed by atoms with E-state index in [1.54, 1.807) is 6.26 Å². The molecule has 0 spiro atoms. The second kappa shape index (κ2) is 10.4. The summed E-state index contributed by atoms with van der Waals surface area (Å²) in [5.74, 6) is 5.49. The van der Waals surface area contributed by atoms with E-state index in [2.05, 4.69) is 55.3 Å². The number of thioether (sulfide) groups is 1. The number of para-hydroxylation sites is 1. The average Bonchev–Trinajstić information content (AvgIpc) is 3.35. The third-order valence-electron chi connectivity index (χ3n) is 12.6. The lowest BCUT2D eigenvalue weighted by molar-refractivity contribution is -0.153. The number of hydrogen-bond donors (Lipinski definition) is 2. The van der Waals surface area contributed by atoms with Crippen LogP contribution in [0.5, 0.6) is 0 Å². The van der Waals surface area contributed by atoms with Gasteiger partial charge in [-0.1, -0.05) is 32.0 Å². The Balaban J connectivity index is 1.10. The topological polar surface area (TPSA) is 78.3 Å². The van der Waals surface area contributed by atoms with Gasteiger partial charge in [-0.3, -0.25) is 9.59 Å². The Kier molecular flexibility index (Phi) is 6.82. The van der Waals surface area contributed by atoms with Gasteiger partial charge >= 0.3 is 0 Å². The van der Waals surface area contributed by atoms with Crippen molar-refractivity contribution in [2.45, 2.75) is 102 Å². The van der Waals surface area contributed by atoms with Crippen molar-refractivity contribution in [1.82, 2.24) is 15.2 Å². The second-order valence-electron chi connectivity index (χ2n) is 15.7. The van der Waals surface area contributed by atoms with E-state index in [0.717, 1.165) is 59.8 Å². The number of furan rings is 1. The van der Waals surface area contributed by atoms with Gasteiger partial charge in [-0.15, -0.1) is 0 Å². The van der Waals surface area contributed by atoms with E-state index in [1.165, 1.54) is 35.9 Å². The number of amides is 2. The molecule has 1 aliphatic heterocycles. The molecule has 0 radical (unpaired) electrons. The van der Waals surface area contributed by atoms with Crippen molar-refractivity contribution in [3.63, 3.8) is 0 Å². The monoisotopic (exact) mass is 613 g/mol. The summed E-state index contributed by atoms with van der Waals surface area (Å²) in [5.41, 5.74) is 2.78. The molecular weight excluding hydrogens is 566 g/mol. The molecule has 6 nitrogen and oxygen atoms in total. The number of carbonyl (C=O) groups excluding carboxylic acids is 2. The number of benzene rings is 1. The Hall–Kier alpha value is -2.67. The lowest BCUT2D eigenvalue weighted by atomic mass is 9.53. The molecule has 1 aromatic carbocycles. The van der Waals surface area contributed by atoms with E-state index in [0.29, 0.717) is 31.7 Å². The van der Waals surface area contributed by atoms with Gasteiger partial charge in [0.25, 0.3) is 0 Å². The number of nitrogens with one attached hydrogen (secondary N) is 2. The first-order chi connectivity index (χ1) is 21.2. The van der Waals surface area contributed by atoms with E-state index in [9.17, 15) is 9.59 Å². The molecule has 44 heavy (non-hydrogen) atoms. The molecule has 2 atom stereocenters. The van der Waals surface area contributed by atoms with Crippen LogP contribution in [0, 0.1) is 36.0 Å². The lowest BCUT2D eigenvalue weighted by Crippen LogP contribution is -2.68. The van der Waals surface area contributed by atoms with Gasteiger partial charge in [-0.2, -0.15) is 11.8 Å². The van der Waals surface area contributed by atoms with Crippen molar-refractivity contribution in [2.24, 2.45) is 29.1 Å². The van der Waals surface area contributed by atoms with Gasteiger partial charge in [-0.05, 0) is 129 Å². The molecule has 2 N–H and O–H groups in total. The number of rotatable bonds is 8. The number of nitrogens with zero attached hydrogens (tertiary/aromatic N) is 1. The number of aryl methyl sites for hydroxylation is 1. The van der Waals surface area contributed by atoms with Gasteiger partial charge in [0.2, 0.25) is 11.8 Å². The molecule has 6 aliphatic rings. The first-order valence-corrected chi connectivity index (χ1v) is 18.1. The Morgan fingerprint density at radius 2 is 1.68 bits per heavy atom. The molecule has 234 valence electrons. The smallest absolute Gasteiger partial charge is 0.246 e. The zero-order chi connectivity index (χ0) is 30.3. The predicted molar refractivity (Wildman–Crippen MR) is 175 cm³/mol. The van der Waals surface area contributed by atoms with Crippen molar-refractivity contribution >= 4 is 34.5 Å². The van der Waals surface area contributed by atoms with Gasteiger partial charge in [0.15, 0.2) is 0 Å². The van der Waals surface area contributed by atoms with E-state index in [1.807, 2.05) is 28.8 Å².